The Balaban J connectivity index is 2.34. The van der Waals surface area contributed by atoms with E-state index in [1.165, 1.54) is 12.0 Å². The van der Waals surface area contributed by atoms with Crippen LogP contribution in [0, 0.1) is 5.92 Å². The third-order valence-electron chi connectivity index (χ3n) is 2.73. The lowest BCUT2D eigenvalue weighted by molar-refractivity contribution is 0.402. The minimum atomic E-state index is 0.272. The third kappa shape index (κ3) is 1.48. The van der Waals surface area contributed by atoms with E-state index in [-0.39, 0.29) is 5.75 Å². The van der Waals surface area contributed by atoms with Crippen molar-refractivity contribution in [2.75, 3.05) is 7.11 Å². The zero-order valence-electron chi connectivity index (χ0n) is 7.95. The predicted octanol–water partition coefficient (Wildman–Crippen LogP) is 2.52. The van der Waals surface area contributed by atoms with E-state index in [1.807, 2.05) is 6.07 Å². The Labute approximate surface area is 78.2 Å². The molecule has 2 atom stereocenters. The second-order valence-electron chi connectivity index (χ2n) is 3.75. The zero-order chi connectivity index (χ0) is 9.42. The van der Waals surface area contributed by atoms with Gasteiger partial charge in [0.2, 0.25) is 0 Å². The van der Waals surface area contributed by atoms with Gasteiger partial charge in [0.15, 0.2) is 0 Å². The van der Waals surface area contributed by atoms with Gasteiger partial charge >= 0.3 is 0 Å². The summed E-state index contributed by atoms with van der Waals surface area (Å²) >= 11 is 0. The van der Waals surface area contributed by atoms with Crippen LogP contribution in [-0.4, -0.2) is 12.2 Å². The molecule has 2 unspecified atom stereocenters. The van der Waals surface area contributed by atoms with Gasteiger partial charge in [-0.2, -0.15) is 0 Å². The molecule has 1 saturated carbocycles. The Hall–Kier alpha value is -1.18. The number of aromatic hydroxyl groups is 1. The van der Waals surface area contributed by atoms with E-state index in [4.69, 9.17) is 4.74 Å². The van der Waals surface area contributed by atoms with Crippen molar-refractivity contribution in [3.8, 4) is 11.5 Å². The molecule has 0 aromatic heterocycles. The molecule has 0 radical (unpaired) electrons. The molecular formula is C11H14O2. The van der Waals surface area contributed by atoms with Crippen molar-refractivity contribution in [1.29, 1.82) is 0 Å². The maximum Gasteiger partial charge on any atom is 0.126 e. The summed E-state index contributed by atoms with van der Waals surface area (Å²) in [5.41, 5.74) is 1.23. The van der Waals surface area contributed by atoms with Crippen LogP contribution in [0.15, 0.2) is 18.2 Å². The highest BCUT2D eigenvalue weighted by molar-refractivity contribution is 5.44. The lowest BCUT2D eigenvalue weighted by Crippen LogP contribution is -1.90. The molecule has 13 heavy (non-hydrogen) atoms. The van der Waals surface area contributed by atoms with Crippen LogP contribution in [0.5, 0.6) is 11.5 Å². The van der Waals surface area contributed by atoms with E-state index in [0.717, 1.165) is 11.7 Å². The van der Waals surface area contributed by atoms with Crippen molar-refractivity contribution in [3.05, 3.63) is 23.8 Å². The van der Waals surface area contributed by atoms with Crippen LogP contribution < -0.4 is 4.74 Å². The number of phenolic OH excluding ortho intramolecular Hbond substituents is 1. The van der Waals surface area contributed by atoms with Crippen LogP contribution in [0.2, 0.25) is 0 Å². The number of hydrogen-bond acceptors (Lipinski definition) is 2. The summed E-state index contributed by atoms with van der Waals surface area (Å²) in [5, 5.41) is 9.26. The average Bonchev–Trinajstić information content (AvgIpc) is 2.82. The van der Waals surface area contributed by atoms with Crippen molar-refractivity contribution in [1.82, 2.24) is 0 Å². The molecule has 0 heterocycles. The van der Waals surface area contributed by atoms with Gasteiger partial charge in [-0.3, -0.25) is 0 Å². The first-order valence-electron chi connectivity index (χ1n) is 4.59. The topological polar surface area (TPSA) is 29.5 Å². The Morgan fingerprint density at radius 3 is 2.69 bits per heavy atom. The molecule has 0 spiro atoms. The van der Waals surface area contributed by atoms with Gasteiger partial charge in [0.1, 0.15) is 11.5 Å². The highest BCUT2D eigenvalue weighted by Gasteiger charge is 2.35. The van der Waals surface area contributed by atoms with Crippen molar-refractivity contribution < 1.29 is 9.84 Å². The molecule has 0 amide bonds. The highest BCUT2D eigenvalue weighted by Crippen LogP contribution is 2.50. The summed E-state index contributed by atoms with van der Waals surface area (Å²) in [7, 11) is 1.64. The van der Waals surface area contributed by atoms with Crippen molar-refractivity contribution in [2.45, 2.75) is 19.3 Å². The van der Waals surface area contributed by atoms with Gasteiger partial charge in [-0.1, -0.05) is 13.0 Å². The minimum Gasteiger partial charge on any atom is -0.508 e. The molecule has 2 rings (SSSR count). The first-order valence-corrected chi connectivity index (χ1v) is 4.59. The summed E-state index contributed by atoms with van der Waals surface area (Å²) in [4.78, 5) is 0. The van der Waals surface area contributed by atoms with Gasteiger partial charge in [-0.05, 0) is 29.9 Å². The van der Waals surface area contributed by atoms with E-state index >= 15 is 0 Å². The predicted molar refractivity (Wildman–Crippen MR) is 51.2 cm³/mol. The molecule has 2 heteroatoms. The fourth-order valence-electron chi connectivity index (χ4n) is 1.76. The molecular weight excluding hydrogens is 164 g/mol. The van der Waals surface area contributed by atoms with Crippen LogP contribution in [0.25, 0.3) is 0 Å². The largest absolute Gasteiger partial charge is 0.508 e. The average molecular weight is 178 g/mol. The number of methoxy groups -OCH3 is 1. The van der Waals surface area contributed by atoms with E-state index in [2.05, 4.69) is 6.92 Å². The van der Waals surface area contributed by atoms with Crippen LogP contribution >= 0.6 is 0 Å². The van der Waals surface area contributed by atoms with E-state index in [0.29, 0.717) is 5.92 Å². The number of phenols is 1. The fourth-order valence-corrected chi connectivity index (χ4v) is 1.76. The number of hydrogen-bond donors (Lipinski definition) is 1. The zero-order valence-corrected chi connectivity index (χ0v) is 7.95. The maximum atomic E-state index is 9.26. The molecule has 1 fully saturated rings. The molecule has 1 aromatic rings. The van der Waals surface area contributed by atoms with Crippen molar-refractivity contribution in [2.24, 2.45) is 5.92 Å². The van der Waals surface area contributed by atoms with E-state index < -0.39 is 0 Å². The second kappa shape index (κ2) is 2.95. The van der Waals surface area contributed by atoms with E-state index in [1.54, 1.807) is 19.2 Å². The molecule has 1 N–H and O–H groups in total. The molecule has 1 aliphatic carbocycles. The molecule has 70 valence electrons. The molecule has 2 nitrogen and oxygen atoms in total. The molecule has 0 aliphatic heterocycles. The maximum absolute atomic E-state index is 9.26. The Morgan fingerprint density at radius 1 is 1.46 bits per heavy atom. The third-order valence-corrected chi connectivity index (χ3v) is 2.73. The lowest BCUT2D eigenvalue weighted by Gasteiger charge is -2.07. The number of rotatable bonds is 2. The van der Waals surface area contributed by atoms with Gasteiger partial charge in [0, 0.05) is 6.07 Å². The standard InChI is InChI=1S/C11H14O2/c1-7-5-10(7)9-4-3-8(12)6-11(9)13-2/h3-4,6-7,10,12H,5H2,1-2H3. The Bertz CT molecular complexity index is 320. The quantitative estimate of drug-likeness (QED) is 0.754. The van der Waals surface area contributed by atoms with Gasteiger partial charge in [0.25, 0.3) is 0 Å². The first-order chi connectivity index (χ1) is 6.22. The van der Waals surface area contributed by atoms with E-state index in [9.17, 15) is 5.11 Å². The SMILES string of the molecule is COc1cc(O)ccc1C1CC1C. The highest BCUT2D eigenvalue weighted by atomic mass is 16.5. The number of ether oxygens (including phenoxy) is 1. The van der Waals surface area contributed by atoms with Crippen LogP contribution in [0.1, 0.15) is 24.8 Å². The minimum absolute atomic E-state index is 0.272. The number of benzene rings is 1. The normalized spacial score (nSPS) is 25.7. The van der Waals surface area contributed by atoms with Gasteiger partial charge in [-0.25, -0.2) is 0 Å². The lowest BCUT2D eigenvalue weighted by atomic mass is 10.1. The summed E-state index contributed by atoms with van der Waals surface area (Å²) in [6.07, 6.45) is 1.24. The van der Waals surface area contributed by atoms with Crippen molar-refractivity contribution in [3.63, 3.8) is 0 Å². The molecule has 0 saturated heterocycles. The van der Waals surface area contributed by atoms with Crippen LogP contribution in [0.4, 0.5) is 0 Å². The van der Waals surface area contributed by atoms with Gasteiger partial charge in [-0.15, -0.1) is 0 Å². The van der Waals surface area contributed by atoms with Gasteiger partial charge < -0.3 is 9.84 Å². The molecule has 1 aliphatic rings. The Morgan fingerprint density at radius 2 is 2.15 bits per heavy atom. The molecule has 1 aromatic carbocycles. The van der Waals surface area contributed by atoms with Crippen LogP contribution in [0.3, 0.4) is 0 Å². The summed E-state index contributed by atoms with van der Waals surface area (Å²) in [6, 6.07) is 5.37. The molecule has 0 bridgehead atoms. The second-order valence-corrected chi connectivity index (χ2v) is 3.75. The smallest absolute Gasteiger partial charge is 0.126 e. The Kier molecular flexibility index (Phi) is 1.91. The monoisotopic (exact) mass is 178 g/mol. The fraction of sp³-hybridized carbons (Fsp3) is 0.455. The van der Waals surface area contributed by atoms with Crippen LogP contribution in [-0.2, 0) is 0 Å². The first kappa shape index (κ1) is 8.42. The summed E-state index contributed by atoms with van der Waals surface area (Å²) in [5.74, 6) is 2.48. The summed E-state index contributed by atoms with van der Waals surface area (Å²) < 4.78 is 5.22. The summed E-state index contributed by atoms with van der Waals surface area (Å²) in [6.45, 7) is 2.23. The van der Waals surface area contributed by atoms with Crippen molar-refractivity contribution >= 4 is 0 Å². The van der Waals surface area contributed by atoms with Gasteiger partial charge in [0.05, 0.1) is 7.11 Å².